The van der Waals surface area contributed by atoms with Crippen LogP contribution in [0, 0.1) is 18.7 Å². The normalized spacial score (nSPS) is 26.3. The van der Waals surface area contributed by atoms with Crippen molar-refractivity contribution in [1.29, 1.82) is 0 Å². The van der Waals surface area contributed by atoms with Gasteiger partial charge in [-0.25, -0.2) is 18.0 Å². The Hall–Kier alpha value is -3.47. The lowest BCUT2D eigenvalue weighted by molar-refractivity contribution is -0.130. The fraction of sp³-hybridized carbons (Fsp3) is 0.649. The summed E-state index contributed by atoms with van der Waals surface area (Å²) in [6, 6.07) is 11.5. The molecule has 3 aliphatic heterocycles. The fourth-order valence-corrected chi connectivity index (χ4v) is 9.21. The van der Waals surface area contributed by atoms with Crippen LogP contribution >= 0.6 is 11.8 Å². The van der Waals surface area contributed by atoms with Crippen LogP contribution in [-0.4, -0.2) is 82.6 Å². The second-order valence-corrected chi connectivity index (χ2v) is 16.2. The highest BCUT2D eigenvalue weighted by molar-refractivity contribution is 8.00. The van der Waals surface area contributed by atoms with Gasteiger partial charge in [-0.15, -0.1) is 22.0 Å². The number of piperidine rings is 1. The van der Waals surface area contributed by atoms with Crippen LogP contribution < -0.4 is 16.7 Å². The lowest BCUT2D eigenvalue weighted by Gasteiger charge is -2.40. The Labute approximate surface area is 312 Å². The zero-order chi connectivity index (χ0) is 37.9. The first-order valence-corrected chi connectivity index (χ1v) is 19.7. The van der Waals surface area contributed by atoms with Crippen molar-refractivity contribution in [2.45, 2.75) is 126 Å². The van der Waals surface area contributed by atoms with Gasteiger partial charge in [0.25, 0.3) is 0 Å². The van der Waals surface area contributed by atoms with E-state index in [2.05, 4.69) is 62.9 Å². The van der Waals surface area contributed by atoms with Crippen molar-refractivity contribution >= 4 is 23.5 Å². The molecule has 1 unspecified atom stereocenters. The predicted octanol–water partition coefficient (Wildman–Crippen LogP) is 5.50. The number of aliphatic hydroxyl groups is 1. The molecule has 0 radical (unpaired) electrons. The number of nitrogens with one attached hydrogen (secondary N) is 1. The van der Waals surface area contributed by atoms with Gasteiger partial charge < -0.3 is 25.5 Å². The topological polar surface area (TPSA) is 153 Å². The number of thioether (sulfide) groups is 1. The van der Waals surface area contributed by atoms with Gasteiger partial charge in [-0.1, -0.05) is 44.2 Å². The minimum absolute atomic E-state index is 0.0738. The quantitative estimate of drug-likeness (QED) is 0.242. The molecule has 3 aromatic rings. The number of hydrogen-bond acceptors (Lipinski definition) is 10. The van der Waals surface area contributed by atoms with Crippen LogP contribution in [0.1, 0.15) is 113 Å². The van der Waals surface area contributed by atoms with E-state index < -0.39 is 34.9 Å². The molecule has 5 heterocycles. The number of ether oxygens (including phenoxy) is 1. The molecule has 1 saturated carbocycles. The largest absolute Gasteiger partial charge is 0.393 e. The molecule has 2 aromatic heterocycles. The summed E-state index contributed by atoms with van der Waals surface area (Å²) in [6.07, 6.45) is 5.94. The van der Waals surface area contributed by atoms with Crippen LogP contribution in [0.4, 0.5) is 19.0 Å². The molecule has 7 rings (SSSR count). The highest BCUT2D eigenvalue weighted by Gasteiger charge is 2.43. The first-order valence-electron chi connectivity index (χ1n) is 18.7. The summed E-state index contributed by atoms with van der Waals surface area (Å²) in [4.78, 5) is 30.5. The van der Waals surface area contributed by atoms with Crippen LogP contribution in [0.2, 0.25) is 0 Å². The molecule has 4 N–H and O–H groups in total. The van der Waals surface area contributed by atoms with E-state index >= 15 is 0 Å². The number of nitrogens with zero attached hydrogens (tertiary/aromatic N) is 6. The highest BCUT2D eigenvalue weighted by Crippen LogP contribution is 2.43. The summed E-state index contributed by atoms with van der Waals surface area (Å²) in [5.74, 6) is -1.31. The zero-order valence-corrected chi connectivity index (χ0v) is 31.4. The van der Waals surface area contributed by atoms with Gasteiger partial charge in [-0.2, -0.15) is 4.98 Å². The standard InChI is InChI=1S/C29H41F2N5O.C8H10FN3O3S/c1-19(2)27-34-33-20(3)36(27)25-17-23-9-10-24(18-25)35(23)16-13-26(21-7-5-4-6-8-21)32-28(37)22-11-14-29(30,31)15-12-22;9-4-1-12(8(14)11-7(4)10)5-3-16-6(2-13)15-5/h4-8,19,22-26H,9-18H2,1-3H3,(H,32,37);1,5-6,13H,2-3H2,(H2,10,11,14)/t23-,24+,25?,26-;5-,6+/m00/s1. The predicted molar refractivity (Wildman–Crippen MR) is 196 cm³/mol. The number of benzene rings is 1. The molecule has 16 heteroatoms. The van der Waals surface area contributed by atoms with Gasteiger partial charge in [0.15, 0.2) is 11.6 Å². The van der Waals surface area contributed by atoms with E-state index in [0.29, 0.717) is 29.8 Å². The van der Waals surface area contributed by atoms with Crippen LogP contribution in [0.15, 0.2) is 41.3 Å². The Morgan fingerprint density at radius 3 is 2.40 bits per heavy atom. The molecule has 4 fully saturated rings. The van der Waals surface area contributed by atoms with Crippen molar-refractivity contribution in [3.8, 4) is 0 Å². The molecule has 1 aromatic carbocycles. The van der Waals surface area contributed by atoms with Crippen molar-refractivity contribution in [1.82, 2.24) is 34.5 Å². The third-order valence-corrected chi connectivity index (χ3v) is 12.2. The van der Waals surface area contributed by atoms with E-state index in [-0.39, 0.29) is 50.2 Å². The molecule has 1 aliphatic carbocycles. The number of nitrogens with two attached hydrogens (primary N) is 1. The Morgan fingerprint density at radius 1 is 1.09 bits per heavy atom. The van der Waals surface area contributed by atoms with Gasteiger partial charge >= 0.3 is 5.69 Å². The number of halogens is 3. The molecule has 1 amide bonds. The Morgan fingerprint density at radius 2 is 1.77 bits per heavy atom. The summed E-state index contributed by atoms with van der Waals surface area (Å²) < 4.78 is 49.1. The number of aryl methyl sites for hydroxylation is 1. The molecular weight excluding hydrogens is 710 g/mol. The number of nitrogen functional groups attached to an aromatic ring is 1. The lowest BCUT2D eigenvalue weighted by atomic mass is 9.86. The van der Waals surface area contributed by atoms with E-state index in [4.69, 9.17) is 15.6 Å². The van der Waals surface area contributed by atoms with Crippen molar-refractivity contribution in [3.63, 3.8) is 0 Å². The van der Waals surface area contributed by atoms with Crippen molar-refractivity contribution in [2.24, 2.45) is 5.92 Å². The lowest BCUT2D eigenvalue weighted by Crippen LogP contribution is -2.45. The first kappa shape index (κ1) is 39.2. The third-order valence-electron chi connectivity index (χ3n) is 11.0. The highest BCUT2D eigenvalue weighted by atomic mass is 32.2. The molecule has 290 valence electrons. The van der Waals surface area contributed by atoms with Crippen molar-refractivity contribution in [2.75, 3.05) is 24.6 Å². The summed E-state index contributed by atoms with van der Waals surface area (Å²) in [5.41, 5.74) is 5.19. The van der Waals surface area contributed by atoms with E-state index in [9.17, 15) is 22.8 Å². The maximum absolute atomic E-state index is 13.6. The summed E-state index contributed by atoms with van der Waals surface area (Å²) in [7, 11) is 0. The molecule has 0 spiro atoms. The van der Waals surface area contributed by atoms with Crippen LogP contribution in [-0.2, 0) is 9.53 Å². The zero-order valence-electron chi connectivity index (χ0n) is 30.5. The second kappa shape index (κ2) is 16.9. The van der Waals surface area contributed by atoms with Crippen LogP contribution in [0.25, 0.3) is 0 Å². The number of fused-ring (bicyclic) bond motifs is 2. The minimum Gasteiger partial charge on any atom is -0.393 e. The fourth-order valence-electron chi connectivity index (χ4n) is 8.28. The number of alkyl halides is 2. The van der Waals surface area contributed by atoms with Gasteiger partial charge in [0, 0.05) is 55.1 Å². The number of anilines is 1. The van der Waals surface area contributed by atoms with Crippen LogP contribution in [0.5, 0.6) is 0 Å². The smallest absolute Gasteiger partial charge is 0.351 e. The molecular formula is C37H51F3N8O4S. The average molecular weight is 761 g/mol. The molecule has 4 aliphatic rings. The van der Waals surface area contributed by atoms with E-state index in [1.807, 2.05) is 18.2 Å². The van der Waals surface area contributed by atoms with Crippen molar-refractivity contribution < 1.29 is 27.8 Å². The summed E-state index contributed by atoms with van der Waals surface area (Å²) in [6.45, 7) is 7.19. The average Bonchev–Trinajstić information content (AvgIpc) is 3.83. The number of aliphatic hydroxyl groups excluding tert-OH is 1. The van der Waals surface area contributed by atoms with Gasteiger partial charge in [0.05, 0.1) is 18.8 Å². The van der Waals surface area contributed by atoms with Gasteiger partial charge in [0.2, 0.25) is 11.8 Å². The Balaban J connectivity index is 0.000000250. The van der Waals surface area contributed by atoms with E-state index in [1.165, 1.54) is 24.6 Å². The number of aromatic nitrogens is 5. The second-order valence-electron chi connectivity index (χ2n) is 15.0. The molecule has 12 nitrogen and oxygen atoms in total. The first-order chi connectivity index (χ1) is 25.3. The summed E-state index contributed by atoms with van der Waals surface area (Å²) >= 11 is 1.35. The number of rotatable bonds is 10. The number of carbonyl (C=O) groups excluding carboxylic acids is 1. The SMILES string of the molecule is Cc1nnc(C(C)C)n1C1C[C@H]2CC[C@@H](C1)N2CC[C@H](NC(=O)C1CCC(F)(F)CC1)c1ccccc1.Nc1nc(=O)n([C@@H]2CS[C@H](CO)O2)cc1F. The number of amides is 1. The minimum atomic E-state index is -2.62. The van der Waals surface area contributed by atoms with E-state index in [0.717, 1.165) is 53.8 Å². The Bertz CT molecular complexity index is 1740. The maximum atomic E-state index is 13.6. The molecule has 3 saturated heterocycles. The molecule has 6 atom stereocenters. The Kier molecular flexibility index (Phi) is 12.5. The monoisotopic (exact) mass is 760 g/mol. The van der Waals surface area contributed by atoms with Crippen LogP contribution in [0.3, 0.4) is 0 Å². The third kappa shape index (κ3) is 9.26. The van der Waals surface area contributed by atoms with Gasteiger partial charge in [-0.05, 0) is 57.4 Å². The van der Waals surface area contributed by atoms with E-state index in [1.54, 1.807) is 0 Å². The van der Waals surface area contributed by atoms with Crippen molar-refractivity contribution in [3.05, 3.63) is 70.0 Å². The van der Waals surface area contributed by atoms with Gasteiger partial charge in [-0.3, -0.25) is 14.3 Å². The summed E-state index contributed by atoms with van der Waals surface area (Å²) in [5, 5.41) is 21.0. The van der Waals surface area contributed by atoms with Gasteiger partial charge in [0.1, 0.15) is 23.3 Å². The maximum Gasteiger partial charge on any atom is 0.351 e. The number of hydrogen-bond donors (Lipinski definition) is 3. The number of carbonyl (C=O) groups is 1. The molecule has 2 bridgehead atoms. The molecule has 53 heavy (non-hydrogen) atoms.